The number of sulfone groups is 1. The molecule has 0 aromatic heterocycles. The lowest BCUT2D eigenvalue weighted by Crippen LogP contribution is -2.51. The van der Waals surface area contributed by atoms with Crippen LogP contribution in [0.2, 0.25) is 0 Å². The molecule has 1 saturated carbocycles. The molecule has 0 radical (unpaired) electrons. The van der Waals surface area contributed by atoms with E-state index in [2.05, 4.69) is 5.32 Å². The van der Waals surface area contributed by atoms with Gasteiger partial charge in [0.05, 0.1) is 4.90 Å². The van der Waals surface area contributed by atoms with Gasteiger partial charge in [-0.2, -0.15) is 26.3 Å². The van der Waals surface area contributed by atoms with Gasteiger partial charge >= 0.3 is 18.0 Å². The molecule has 0 saturated heterocycles. The average Bonchev–Trinajstić information content (AvgIpc) is 3.28. The van der Waals surface area contributed by atoms with Crippen molar-refractivity contribution in [2.75, 3.05) is 0 Å². The maximum absolute atomic E-state index is 14.9. The Labute approximate surface area is 230 Å². The van der Waals surface area contributed by atoms with Crippen LogP contribution in [-0.4, -0.2) is 43.9 Å². The summed E-state index contributed by atoms with van der Waals surface area (Å²) in [5.41, 5.74) is -7.64. The van der Waals surface area contributed by atoms with Crippen LogP contribution in [0.3, 0.4) is 0 Å². The number of hydrogen-bond acceptors (Lipinski definition) is 4. The van der Waals surface area contributed by atoms with Crippen molar-refractivity contribution in [3.63, 3.8) is 0 Å². The standard InChI is InChI=1S/C27H27F8NO4S/c1-14(36-23(38)15(2)37)20-11-12-24(41(39,40)19-7-5-18(28)6-8-19)21-10-4-17(13-16(21)3-9-22(20)24)25(29,26(30,31)32)27(33,34)35/h4-8,10,13-15,20,22,37H,3,9,11-12H2,1-2H3,(H,36,38)/t14?,15-,20-,22-,24+/m0/s1. The maximum Gasteiger partial charge on any atom is 0.435 e. The summed E-state index contributed by atoms with van der Waals surface area (Å²) >= 11 is 0. The summed E-state index contributed by atoms with van der Waals surface area (Å²) in [7, 11) is -4.47. The lowest BCUT2D eigenvalue weighted by Gasteiger charge is -2.44. The monoisotopic (exact) mass is 613 g/mol. The molecule has 41 heavy (non-hydrogen) atoms. The second kappa shape index (κ2) is 10.2. The van der Waals surface area contributed by atoms with Crippen molar-refractivity contribution in [2.24, 2.45) is 11.8 Å². The van der Waals surface area contributed by atoms with E-state index in [-0.39, 0.29) is 41.7 Å². The van der Waals surface area contributed by atoms with E-state index >= 15 is 0 Å². The molecular weight excluding hydrogens is 586 g/mol. The number of aliphatic hydroxyl groups excluding tert-OH is 1. The summed E-state index contributed by atoms with van der Waals surface area (Å²) in [4.78, 5) is 11.8. The van der Waals surface area contributed by atoms with Gasteiger partial charge in [0.25, 0.3) is 0 Å². The number of carbonyl (C=O) groups excluding carboxylic acids is 1. The summed E-state index contributed by atoms with van der Waals surface area (Å²) in [5.74, 6) is -2.74. The molecule has 14 heteroatoms. The van der Waals surface area contributed by atoms with E-state index in [9.17, 15) is 53.4 Å². The highest BCUT2D eigenvalue weighted by Gasteiger charge is 2.73. The minimum atomic E-state index is -6.34. The second-order valence-corrected chi connectivity index (χ2v) is 12.9. The van der Waals surface area contributed by atoms with Crippen LogP contribution in [0.15, 0.2) is 47.4 Å². The Balaban J connectivity index is 1.91. The topological polar surface area (TPSA) is 83.5 Å². The number of amides is 1. The third-order valence-corrected chi connectivity index (χ3v) is 11.0. The molecule has 2 aromatic rings. The van der Waals surface area contributed by atoms with Gasteiger partial charge < -0.3 is 10.4 Å². The summed E-state index contributed by atoms with van der Waals surface area (Å²) in [6.07, 6.45) is -14.2. The number of carbonyl (C=O) groups is 1. The van der Waals surface area contributed by atoms with E-state index in [1.54, 1.807) is 6.92 Å². The van der Waals surface area contributed by atoms with Gasteiger partial charge in [-0.15, -0.1) is 0 Å². The van der Waals surface area contributed by atoms with Gasteiger partial charge in [-0.25, -0.2) is 17.2 Å². The Kier molecular flexibility index (Phi) is 7.77. The molecule has 1 unspecified atom stereocenters. The number of hydrogen-bond donors (Lipinski definition) is 2. The summed E-state index contributed by atoms with van der Waals surface area (Å²) in [5, 5.41) is 12.2. The van der Waals surface area contributed by atoms with E-state index < -0.39 is 73.9 Å². The number of rotatable bonds is 6. The van der Waals surface area contributed by atoms with E-state index in [4.69, 9.17) is 0 Å². The summed E-state index contributed by atoms with van der Waals surface area (Å²) in [6.45, 7) is 2.84. The van der Waals surface area contributed by atoms with Crippen molar-refractivity contribution in [1.29, 1.82) is 0 Å². The fraction of sp³-hybridized carbons (Fsp3) is 0.519. The van der Waals surface area contributed by atoms with Crippen LogP contribution < -0.4 is 5.32 Å². The molecule has 0 heterocycles. The van der Waals surface area contributed by atoms with Crippen LogP contribution >= 0.6 is 0 Å². The van der Waals surface area contributed by atoms with Gasteiger partial charge in [-0.1, -0.05) is 18.2 Å². The molecule has 2 aliphatic rings. The van der Waals surface area contributed by atoms with Crippen LogP contribution in [0.5, 0.6) is 0 Å². The van der Waals surface area contributed by atoms with Gasteiger partial charge in [0.1, 0.15) is 16.7 Å². The fourth-order valence-electron chi connectivity index (χ4n) is 6.47. The zero-order valence-electron chi connectivity index (χ0n) is 21.8. The lowest BCUT2D eigenvalue weighted by molar-refractivity contribution is -0.348. The normalized spacial score (nSPS) is 24.8. The number of alkyl halides is 7. The zero-order chi connectivity index (χ0) is 30.8. The van der Waals surface area contributed by atoms with Gasteiger partial charge in [-0.05, 0) is 86.8 Å². The molecule has 226 valence electrons. The summed E-state index contributed by atoms with van der Waals surface area (Å²) < 4.78 is 136. The highest BCUT2D eigenvalue weighted by Crippen LogP contribution is 2.61. The summed E-state index contributed by atoms with van der Waals surface area (Å²) in [6, 6.07) is 4.75. The zero-order valence-corrected chi connectivity index (χ0v) is 22.6. The number of aryl methyl sites for hydroxylation is 1. The molecule has 2 N–H and O–H groups in total. The SMILES string of the molecule is CC(NC(=O)[C@H](C)O)[C@@H]1CC[C@@]2(S(=O)(=O)c3ccc(F)cc3)c3ccc(C(F)(C(F)(F)F)C(F)(F)F)cc3CC[C@@H]12. The lowest BCUT2D eigenvalue weighted by atomic mass is 9.71. The number of halogens is 8. The van der Waals surface area contributed by atoms with E-state index in [1.165, 1.54) is 6.92 Å². The maximum atomic E-state index is 14.9. The molecular formula is C27H27F8NO4S. The Morgan fingerprint density at radius 2 is 1.56 bits per heavy atom. The quantitative estimate of drug-likeness (QED) is 0.326. The van der Waals surface area contributed by atoms with Gasteiger partial charge in [0, 0.05) is 11.6 Å². The van der Waals surface area contributed by atoms with Gasteiger partial charge in [0.15, 0.2) is 9.84 Å². The molecule has 5 atom stereocenters. The van der Waals surface area contributed by atoms with Crippen LogP contribution in [0, 0.1) is 17.7 Å². The first-order valence-electron chi connectivity index (χ1n) is 12.7. The molecule has 5 nitrogen and oxygen atoms in total. The smallest absolute Gasteiger partial charge is 0.384 e. The van der Waals surface area contributed by atoms with E-state index in [1.807, 2.05) is 0 Å². The van der Waals surface area contributed by atoms with Crippen molar-refractivity contribution in [2.45, 2.75) is 79.3 Å². The predicted octanol–water partition coefficient (Wildman–Crippen LogP) is 5.64. The first kappa shape index (κ1) is 31.2. The fourth-order valence-corrected chi connectivity index (χ4v) is 8.96. The van der Waals surface area contributed by atoms with Crippen LogP contribution in [-0.2, 0) is 31.5 Å². The molecule has 1 amide bonds. The molecule has 0 spiro atoms. The van der Waals surface area contributed by atoms with Crippen molar-refractivity contribution < 1.29 is 53.4 Å². The number of aliphatic hydroxyl groups is 1. The minimum Gasteiger partial charge on any atom is -0.384 e. The molecule has 2 aromatic carbocycles. The highest BCUT2D eigenvalue weighted by atomic mass is 32.2. The third-order valence-electron chi connectivity index (χ3n) is 8.42. The molecule has 0 aliphatic heterocycles. The molecule has 4 rings (SSSR count). The predicted molar refractivity (Wildman–Crippen MR) is 130 cm³/mol. The third kappa shape index (κ3) is 4.80. The Morgan fingerprint density at radius 1 is 0.976 bits per heavy atom. The van der Waals surface area contributed by atoms with Gasteiger partial charge in [-0.3, -0.25) is 4.79 Å². The van der Waals surface area contributed by atoms with E-state index in [0.717, 1.165) is 30.3 Å². The van der Waals surface area contributed by atoms with E-state index in [0.29, 0.717) is 12.1 Å². The Hall–Kier alpha value is -2.74. The largest absolute Gasteiger partial charge is 0.435 e. The first-order chi connectivity index (χ1) is 18.8. The van der Waals surface area contributed by atoms with Gasteiger partial charge in [0.2, 0.25) is 5.91 Å². The van der Waals surface area contributed by atoms with Crippen LogP contribution in [0.4, 0.5) is 35.1 Å². The van der Waals surface area contributed by atoms with Crippen molar-refractivity contribution >= 4 is 15.7 Å². The molecule has 1 fully saturated rings. The Bertz CT molecular complexity index is 1410. The number of benzene rings is 2. The number of fused-ring (bicyclic) bond motifs is 3. The van der Waals surface area contributed by atoms with Crippen molar-refractivity contribution in [3.8, 4) is 0 Å². The van der Waals surface area contributed by atoms with Crippen LogP contribution in [0.25, 0.3) is 0 Å². The second-order valence-electron chi connectivity index (χ2n) is 10.7. The van der Waals surface area contributed by atoms with Crippen molar-refractivity contribution in [1.82, 2.24) is 5.32 Å². The minimum absolute atomic E-state index is 0.0201. The van der Waals surface area contributed by atoms with Crippen LogP contribution in [0.1, 0.15) is 49.8 Å². The molecule has 2 aliphatic carbocycles. The Morgan fingerprint density at radius 3 is 2.10 bits per heavy atom. The molecule has 0 bridgehead atoms. The first-order valence-corrected chi connectivity index (χ1v) is 14.2. The average molecular weight is 614 g/mol. The highest BCUT2D eigenvalue weighted by molar-refractivity contribution is 7.92. The van der Waals surface area contributed by atoms with Crippen molar-refractivity contribution in [3.05, 3.63) is 65.0 Å². The number of nitrogens with one attached hydrogen (secondary N) is 1.